The lowest BCUT2D eigenvalue weighted by Crippen LogP contribution is -2.14. The van der Waals surface area contributed by atoms with E-state index in [-0.39, 0.29) is 22.5 Å². The van der Waals surface area contributed by atoms with E-state index in [1.54, 1.807) is 24.3 Å². The number of carbonyl (C=O) groups is 1. The summed E-state index contributed by atoms with van der Waals surface area (Å²) in [6, 6.07) is 23.2. The average molecular weight is 528 g/mol. The average Bonchev–Trinajstić information content (AvgIpc) is 3.56. The van der Waals surface area contributed by atoms with Gasteiger partial charge in [-0.2, -0.15) is 8.42 Å². The molecule has 0 unspecified atom stereocenters. The minimum atomic E-state index is -4.06. The summed E-state index contributed by atoms with van der Waals surface area (Å²) in [5, 5.41) is 6.04. The van der Waals surface area contributed by atoms with Gasteiger partial charge in [-0.15, -0.1) is 0 Å². The van der Waals surface area contributed by atoms with Gasteiger partial charge < -0.3 is 19.1 Å². The minimum absolute atomic E-state index is 0.0317. The van der Waals surface area contributed by atoms with Crippen LogP contribution in [-0.2, 0) is 21.5 Å². The molecule has 0 bridgehead atoms. The number of aromatic amines is 1. The zero-order chi connectivity index (χ0) is 26.1. The smallest absolute Gasteiger partial charge is 0.339 e. The number of rotatable bonds is 9. The molecule has 38 heavy (non-hydrogen) atoms. The number of benzene rings is 3. The quantitative estimate of drug-likeness (QED) is 0.225. The molecular weight excluding hydrogens is 502 g/mol. The van der Waals surface area contributed by atoms with Gasteiger partial charge in [0, 0.05) is 36.6 Å². The summed E-state index contributed by atoms with van der Waals surface area (Å²) < 4.78 is 33.2. The molecular formula is C28H25N5O4S. The highest BCUT2D eigenvalue weighted by Gasteiger charge is 2.30. The zero-order valence-electron chi connectivity index (χ0n) is 20.3. The summed E-state index contributed by atoms with van der Waals surface area (Å²) in [6.45, 7) is 0.761. The normalized spacial score (nSPS) is 13.4. The molecule has 1 aliphatic rings. The van der Waals surface area contributed by atoms with Crippen molar-refractivity contribution in [3.8, 4) is 5.75 Å². The van der Waals surface area contributed by atoms with Gasteiger partial charge in [-0.1, -0.05) is 30.3 Å². The Morgan fingerprint density at radius 2 is 1.79 bits per heavy atom. The first kappa shape index (κ1) is 23.8. The van der Waals surface area contributed by atoms with Crippen LogP contribution in [-0.4, -0.2) is 28.9 Å². The van der Waals surface area contributed by atoms with Gasteiger partial charge in [0.1, 0.15) is 10.6 Å². The molecule has 0 radical (unpaired) electrons. The third kappa shape index (κ3) is 5.40. The van der Waals surface area contributed by atoms with E-state index in [4.69, 9.17) is 4.18 Å². The van der Waals surface area contributed by atoms with E-state index in [9.17, 15) is 13.2 Å². The molecule has 1 aliphatic carbocycles. The first-order valence-corrected chi connectivity index (χ1v) is 13.6. The molecule has 0 atom stereocenters. The number of aromatic nitrogens is 3. The van der Waals surface area contributed by atoms with Crippen LogP contribution in [0.2, 0.25) is 0 Å². The second kappa shape index (κ2) is 9.71. The van der Waals surface area contributed by atoms with Gasteiger partial charge in [-0.3, -0.25) is 10.1 Å². The number of hydrogen-bond donors (Lipinski definition) is 3. The Bertz CT molecular complexity index is 1710. The highest BCUT2D eigenvalue weighted by Crippen LogP contribution is 2.30. The van der Waals surface area contributed by atoms with E-state index in [2.05, 4.69) is 37.3 Å². The summed E-state index contributed by atoms with van der Waals surface area (Å²) in [5.74, 6) is 0.446. The second-order valence-electron chi connectivity index (χ2n) is 9.27. The lowest BCUT2D eigenvalue weighted by atomic mass is 10.2. The van der Waals surface area contributed by atoms with Crippen LogP contribution in [0.1, 0.15) is 18.4 Å². The van der Waals surface area contributed by atoms with Crippen LogP contribution in [0.15, 0.2) is 96.2 Å². The van der Waals surface area contributed by atoms with Crippen LogP contribution in [0.3, 0.4) is 0 Å². The van der Waals surface area contributed by atoms with Crippen LogP contribution >= 0.6 is 0 Å². The number of imidazole rings is 1. The van der Waals surface area contributed by atoms with E-state index < -0.39 is 10.1 Å². The van der Waals surface area contributed by atoms with Crippen molar-refractivity contribution in [1.29, 1.82) is 0 Å². The SMILES string of the molecule is O=C(Nc1nc2cc(OS(=O)(=O)c3ccc(Nc4ccn(Cc5ccccc5)c4)cc3)ccc2[nH]1)C1CC1. The Hall–Kier alpha value is -4.57. The Labute approximate surface area is 219 Å². The Morgan fingerprint density at radius 1 is 1.00 bits per heavy atom. The summed E-state index contributed by atoms with van der Waals surface area (Å²) in [6.07, 6.45) is 5.76. The van der Waals surface area contributed by atoms with Gasteiger partial charge in [-0.05, 0) is 60.9 Å². The van der Waals surface area contributed by atoms with Crippen molar-refractivity contribution in [3.05, 3.63) is 96.8 Å². The molecule has 3 N–H and O–H groups in total. The van der Waals surface area contributed by atoms with Crippen molar-refractivity contribution in [2.75, 3.05) is 10.6 Å². The highest BCUT2D eigenvalue weighted by molar-refractivity contribution is 7.87. The van der Waals surface area contributed by atoms with Crippen LogP contribution in [0.25, 0.3) is 11.0 Å². The third-order valence-electron chi connectivity index (χ3n) is 6.24. The number of H-pyrrole nitrogens is 1. The maximum atomic E-state index is 12.9. The standard InChI is InChI=1S/C28H25N5O4S/c34-27(20-6-7-20)32-28-30-25-13-10-23(16-26(25)31-28)37-38(35,36)24-11-8-21(9-12-24)29-22-14-15-33(18-22)17-19-4-2-1-3-5-19/h1-5,8-16,18,20,29H,6-7,17H2,(H2,30,31,32,34). The summed E-state index contributed by atoms with van der Waals surface area (Å²) >= 11 is 0. The second-order valence-corrected chi connectivity index (χ2v) is 10.8. The van der Waals surface area contributed by atoms with Crippen molar-refractivity contribution < 1.29 is 17.4 Å². The van der Waals surface area contributed by atoms with Crippen molar-refractivity contribution in [1.82, 2.24) is 14.5 Å². The van der Waals surface area contributed by atoms with E-state index in [1.165, 1.54) is 23.8 Å². The molecule has 10 heteroatoms. The van der Waals surface area contributed by atoms with Crippen LogP contribution < -0.4 is 14.8 Å². The van der Waals surface area contributed by atoms with Crippen molar-refractivity contribution in [3.63, 3.8) is 0 Å². The highest BCUT2D eigenvalue weighted by atomic mass is 32.2. The van der Waals surface area contributed by atoms with E-state index in [0.717, 1.165) is 30.8 Å². The van der Waals surface area contributed by atoms with Gasteiger partial charge in [0.25, 0.3) is 0 Å². The fourth-order valence-corrected chi connectivity index (χ4v) is 5.04. The largest absolute Gasteiger partial charge is 0.379 e. The molecule has 3 aromatic carbocycles. The summed E-state index contributed by atoms with van der Waals surface area (Å²) in [5.41, 5.74) is 4.00. The van der Waals surface area contributed by atoms with Crippen LogP contribution in [0.5, 0.6) is 5.75 Å². The predicted molar refractivity (Wildman–Crippen MR) is 145 cm³/mol. The number of fused-ring (bicyclic) bond motifs is 1. The molecule has 1 fully saturated rings. The first-order valence-electron chi connectivity index (χ1n) is 12.2. The third-order valence-corrected chi connectivity index (χ3v) is 7.50. The Morgan fingerprint density at radius 3 is 2.55 bits per heavy atom. The van der Waals surface area contributed by atoms with Crippen LogP contribution in [0.4, 0.5) is 17.3 Å². The van der Waals surface area contributed by atoms with Gasteiger partial charge in [0.15, 0.2) is 0 Å². The van der Waals surface area contributed by atoms with Crippen molar-refractivity contribution in [2.45, 2.75) is 24.3 Å². The van der Waals surface area contributed by atoms with Gasteiger partial charge in [0.05, 0.1) is 16.7 Å². The molecule has 0 saturated heterocycles. The van der Waals surface area contributed by atoms with E-state index in [0.29, 0.717) is 17.0 Å². The lowest BCUT2D eigenvalue weighted by Gasteiger charge is -2.09. The first-order chi connectivity index (χ1) is 18.4. The molecule has 9 nitrogen and oxygen atoms in total. The number of nitrogens with one attached hydrogen (secondary N) is 3. The molecule has 0 spiro atoms. The minimum Gasteiger partial charge on any atom is -0.379 e. The molecule has 1 amide bonds. The number of hydrogen-bond acceptors (Lipinski definition) is 6. The summed E-state index contributed by atoms with van der Waals surface area (Å²) in [7, 11) is -4.06. The molecule has 6 rings (SSSR count). The topological polar surface area (TPSA) is 118 Å². The number of carbonyl (C=O) groups excluding carboxylic acids is 1. The molecule has 1 saturated carbocycles. The molecule has 0 aliphatic heterocycles. The summed E-state index contributed by atoms with van der Waals surface area (Å²) in [4.78, 5) is 19.4. The fourth-order valence-electron chi connectivity index (χ4n) is 4.11. The van der Waals surface area contributed by atoms with Crippen LogP contribution in [0, 0.1) is 5.92 Å². The monoisotopic (exact) mass is 527 g/mol. The number of nitrogens with zero attached hydrogens (tertiary/aromatic N) is 2. The van der Waals surface area contributed by atoms with Gasteiger partial charge in [0.2, 0.25) is 11.9 Å². The molecule has 2 heterocycles. The number of anilines is 3. The Kier molecular flexibility index (Phi) is 6.09. The predicted octanol–water partition coefficient (Wildman–Crippen LogP) is 5.27. The molecule has 192 valence electrons. The lowest BCUT2D eigenvalue weighted by molar-refractivity contribution is -0.117. The Balaban J connectivity index is 1.10. The number of amides is 1. The maximum absolute atomic E-state index is 12.9. The molecule has 2 aromatic heterocycles. The molecule has 5 aromatic rings. The van der Waals surface area contributed by atoms with Crippen molar-refractivity contribution in [2.24, 2.45) is 5.92 Å². The van der Waals surface area contributed by atoms with Gasteiger partial charge in [-0.25, -0.2) is 4.98 Å². The van der Waals surface area contributed by atoms with E-state index >= 15 is 0 Å². The fraction of sp³-hybridized carbons (Fsp3) is 0.143. The maximum Gasteiger partial charge on any atom is 0.339 e. The van der Waals surface area contributed by atoms with Crippen molar-refractivity contribution >= 4 is 44.4 Å². The zero-order valence-corrected chi connectivity index (χ0v) is 21.1. The van der Waals surface area contributed by atoms with E-state index in [1.807, 2.05) is 36.7 Å². The van der Waals surface area contributed by atoms with Gasteiger partial charge >= 0.3 is 10.1 Å².